The number of aliphatic hydroxyl groups is 3. The highest BCUT2D eigenvalue weighted by Gasteiger charge is 2.57. The highest BCUT2D eigenvalue weighted by atomic mass is 19.2. The first kappa shape index (κ1) is 20.4. The summed E-state index contributed by atoms with van der Waals surface area (Å²) in [6.45, 7) is 1.57. The number of aliphatic hydroxyl groups excluding tert-OH is 3. The summed E-state index contributed by atoms with van der Waals surface area (Å²) in [7, 11) is 0. The van der Waals surface area contributed by atoms with Crippen LogP contribution >= 0.6 is 0 Å². The first-order chi connectivity index (χ1) is 14.4. The number of para-hydroxylation sites is 1. The van der Waals surface area contributed by atoms with Gasteiger partial charge in [0, 0.05) is 0 Å². The van der Waals surface area contributed by atoms with Crippen molar-refractivity contribution in [3.05, 3.63) is 43.0 Å². The van der Waals surface area contributed by atoms with Crippen LogP contribution in [0.5, 0.6) is 5.75 Å². The maximum absolute atomic E-state index is 15.5. The van der Waals surface area contributed by atoms with Crippen LogP contribution in [-0.4, -0.2) is 72.4 Å². The molecule has 30 heavy (non-hydrogen) atoms. The molecule has 4 rings (SSSR count). The molecule has 0 saturated carbocycles. The lowest BCUT2D eigenvalue weighted by atomic mass is 10.1. The lowest BCUT2D eigenvalue weighted by molar-refractivity contribution is -0.235. The van der Waals surface area contributed by atoms with Crippen molar-refractivity contribution >= 4 is 17.0 Å². The Labute approximate surface area is 170 Å². The van der Waals surface area contributed by atoms with Crippen molar-refractivity contribution in [3.63, 3.8) is 0 Å². The Kier molecular flexibility index (Phi) is 5.52. The first-order valence-corrected chi connectivity index (χ1v) is 9.40. The van der Waals surface area contributed by atoms with Gasteiger partial charge in [-0.05, 0) is 19.1 Å². The van der Waals surface area contributed by atoms with Gasteiger partial charge in [-0.25, -0.2) is 15.0 Å². The van der Waals surface area contributed by atoms with E-state index in [0.717, 1.165) is 16.6 Å². The zero-order chi connectivity index (χ0) is 21.3. The van der Waals surface area contributed by atoms with E-state index < -0.39 is 30.9 Å². The Morgan fingerprint density at radius 1 is 1.27 bits per heavy atom. The van der Waals surface area contributed by atoms with E-state index in [2.05, 4.69) is 20.3 Å². The van der Waals surface area contributed by atoms with Gasteiger partial charge in [0.1, 0.15) is 37.2 Å². The molecule has 1 aromatic carbocycles. The molecule has 4 N–H and O–H groups in total. The number of imidazole rings is 1. The molecule has 3 aromatic rings. The fraction of sp³-hybridized carbons (Fsp3) is 0.421. The maximum atomic E-state index is 15.5. The van der Waals surface area contributed by atoms with E-state index in [1.165, 1.54) is 6.33 Å². The summed E-state index contributed by atoms with van der Waals surface area (Å²) in [5.74, 6) is -1.76. The first-order valence-electron chi connectivity index (χ1n) is 9.40. The topological polar surface area (TPSA) is 135 Å². The van der Waals surface area contributed by atoms with E-state index >= 15 is 4.39 Å². The molecule has 0 unspecified atom stereocenters. The Hall–Kier alpha value is -2.86. The summed E-state index contributed by atoms with van der Waals surface area (Å²) < 4.78 is 27.1. The van der Waals surface area contributed by atoms with E-state index in [1.54, 1.807) is 0 Å². The maximum Gasteiger partial charge on any atom is 0.325 e. The molecular formula is C19H22FN5O5. The Morgan fingerprint density at radius 2 is 2.03 bits per heavy atom. The number of benzene rings is 1. The monoisotopic (exact) mass is 419 g/mol. The lowest BCUT2D eigenvalue weighted by Crippen LogP contribution is -2.41. The minimum absolute atomic E-state index is 0.0519. The zero-order valence-corrected chi connectivity index (χ0v) is 16.1. The van der Waals surface area contributed by atoms with E-state index in [1.807, 2.05) is 37.3 Å². The molecule has 0 spiro atoms. The summed E-state index contributed by atoms with van der Waals surface area (Å²) in [6.07, 6.45) is -2.50. The Morgan fingerprint density at radius 3 is 2.73 bits per heavy atom. The Bertz CT molecular complexity index is 1010. The van der Waals surface area contributed by atoms with Gasteiger partial charge in [-0.15, -0.1) is 0 Å². The van der Waals surface area contributed by atoms with Crippen molar-refractivity contribution < 1.29 is 29.2 Å². The number of nitrogens with zero attached hydrogens (tertiary/aromatic N) is 4. The van der Waals surface area contributed by atoms with Crippen LogP contribution in [0.3, 0.4) is 0 Å². The van der Waals surface area contributed by atoms with Crippen molar-refractivity contribution in [2.45, 2.75) is 37.3 Å². The van der Waals surface area contributed by atoms with Gasteiger partial charge in [0.25, 0.3) is 0 Å². The van der Waals surface area contributed by atoms with Gasteiger partial charge in [-0.3, -0.25) is 4.57 Å². The molecule has 0 amide bonds. The predicted octanol–water partition coefficient (Wildman–Crippen LogP) is 0.398. The van der Waals surface area contributed by atoms with Gasteiger partial charge in [-0.1, -0.05) is 18.2 Å². The summed E-state index contributed by atoms with van der Waals surface area (Å²) in [4.78, 5) is 12.4. The SMILES string of the molecule is C[C@H](COc1ccccc1)Nc1ncnc2c1ncn2[C@]1(F)O[C@H](CO)[C@@H](O)[C@H]1O. The third kappa shape index (κ3) is 3.56. The highest BCUT2D eigenvalue weighted by molar-refractivity contribution is 5.82. The van der Waals surface area contributed by atoms with Crippen LogP contribution in [0.25, 0.3) is 11.2 Å². The largest absolute Gasteiger partial charge is 0.491 e. The van der Waals surface area contributed by atoms with Crippen molar-refractivity contribution in [2.75, 3.05) is 18.5 Å². The molecular weight excluding hydrogens is 397 g/mol. The number of ether oxygens (including phenoxy) is 2. The molecule has 0 bridgehead atoms. The molecule has 1 aliphatic heterocycles. The number of nitrogens with one attached hydrogen (secondary N) is 1. The fourth-order valence-electron chi connectivity index (χ4n) is 3.29. The van der Waals surface area contributed by atoms with Crippen molar-refractivity contribution in [3.8, 4) is 5.75 Å². The number of hydrogen-bond acceptors (Lipinski definition) is 9. The molecule has 0 radical (unpaired) electrons. The second-order valence-electron chi connectivity index (χ2n) is 7.06. The summed E-state index contributed by atoms with van der Waals surface area (Å²) in [5, 5.41) is 32.5. The second kappa shape index (κ2) is 8.11. The van der Waals surface area contributed by atoms with E-state index in [4.69, 9.17) is 9.47 Å². The number of anilines is 1. The summed E-state index contributed by atoms with van der Waals surface area (Å²) >= 11 is 0. The molecule has 1 aliphatic rings. The van der Waals surface area contributed by atoms with Gasteiger partial charge in [0.05, 0.1) is 12.6 Å². The van der Waals surface area contributed by atoms with Gasteiger partial charge in [0.2, 0.25) is 0 Å². The van der Waals surface area contributed by atoms with Crippen molar-refractivity contribution in [2.24, 2.45) is 0 Å². The molecule has 5 atom stereocenters. The van der Waals surface area contributed by atoms with E-state index in [0.29, 0.717) is 12.4 Å². The standard InChI is InChI=1S/C19H22FN5O5/c1-11(8-29-12-5-3-2-4-6-12)24-17-14-18(22-9-21-17)25(10-23-14)19(20)16(28)15(27)13(7-26)30-19/h2-6,9-11,13,15-16,26-28H,7-8H2,1H3,(H,21,22,24)/t11-,13-,15-,16-,19+/m1/s1. The molecule has 1 fully saturated rings. The summed E-state index contributed by atoms with van der Waals surface area (Å²) in [6, 6.07) is 9.17. The fourth-order valence-corrected chi connectivity index (χ4v) is 3.29. The van der Waals surface area contributed by atoms with Crippen LogP contribution in [-0.2, 0) is 10.7 Å². The molecule has 1 saturated heterocycles. The Balaban J connectivity index is 1.55. The number of alkyl halides is 1. The normalized spacial score (nSPS) is 27.3. The quantitative estimate of drug-likeness (QED) is 0.429. The number of halogens is 1. The van der Waals surface area contributed by atoms with Crippen LogP contribution < -0.4 is 10.1 Å². The third-order valence-corrected chi connectivity index (χ3v) is 4.85. The van der Waals surface area contributed by atoms with Gasteiger partial charge < -0.3 is 30.1 Å². The molecule has 0 aliphatic carbocycles. The smallest absolute Gasteiger partial charge is 0.325 e. The zero-order valence-electron chi connectivity index (χ0n) is 16.1. The van der Waals surface area contributed by atoms with Gasteiger partial charge >= 0.3 is 5.98 Å². The minimum Gasteiger partial charge on any atom is -0.491 e. The van der Waals surface area contributed by atoms with Crippen LogP contribution in [0.4, 0.5) is 10.2 Å². The van der Waals surface area contributed by atoms with Crippen molar-refractivity contribution in [1.29, 1.82) is 0 Å². The third-order valence-electron chi connectivity index (χ3n) is 4.85. The number of hydrogen-bond donors (Lipinski definition) is 4. The van der Waals surface area contributed by atoms with Crippen LogP contribution in [0.2, 0.25) is 0 Å². The van der Waals surface area contributed by atoms with Gasteiger partial charge in [0.15, 0.2) is 23.1 Å². The second-order valence-corrected chi connectivity index (χ2v) is 7.06. The minimum atomic E-state index is -2.84. The average molecular weight is 419 g/mol. The molecule has 11 heteroatoms. The van der Waals surface area contributed by atoms with Crippen molar-refractivity contribution in [1.82, 2.24) is 19.5 Å². The van der Waals surface area contributed by atoms with Crippen LogP contribution in [0.15, 0.2) is 43.0 Å². The summed E-state index contributed by atoms with van der Waals surface area (Å²) in [5.41, 5.74) is 0.301. The lowest BCUT2D eigenvalue weighted by Gasteiger charge is -2.24. The number of aromatic nitrogens is 4. The molecule has 2 aromatic heterocycles. The molecule has 3 heterocycles. The predicted molar refractivity (Wildman–Crippen MR) is 103 cm³/mol. The van der Waals surface area contributed by atoms with Crippen LogP contribution in [0.1, 0.15) is 6.92 Å². The molecule has 10 nitrogen and oxygen atoms in total. The van der Waals surface area contributed by atoms with Crippen LogP contribution in [0, 0.1) is 0 Å². The average Bonchev–Trinajstić information content (AvgIpc) is 3.30. The van der Waals surface area contributed by atoms with E-state index in [9.17, 15) is 15.3 Å². The molecule has 160 valence electrons. The number of fused-ring (bicyclic) bond motifs is 1. The number of rotatable bonds is 7. The van der Waals surface area contributed by atoms with E-state index in [-0.39, 0.29) is 17.2 Å². The van der Waals surface area contributed by atoms with Gasteiger partial charge in [-0.2, -0.15) is 4.39 Å². The highest BCUT2D eigenvalue weighted by Crippen LogP contribution is 2.39.